The Labute approximate surface area is 172 Å². The van der Waals surface area contributed by atoms with Crippen LogP contribution in [0.3, 0.4) is 0 Å². The summed E-state index contributed by atoms with van der Waals surface area (Å²) in [4.78, 5) is 10.9. The van der Waals surface area contributed by atoms with Gasteiger partial charge >= 0.3 is 0 Å². The van der Waals surface area contributed by atoms with E-state index >= 15 is 0 Å². The van der Waals surface area contributed by atoms with Gasteiger partial charge in [-0.3, -0.25) is 4.79 Å². The van der Waals surface area contributed by atoms with E-state index < -0.39 is 5.91 Å². The summed E-state index contributed by atoms with van der Waals surface area (Å²) in [5, 5.41) is 4.09. The van der Waals surface area contributed by atoms with Crippen molar-refractivity contribution in [3.63, 3.8) is 0 Å². The summed E-state index contributed by atoms with van der Waals surface area (Å²) in [6.45, 7) is 3.44. The summed E-state index contributed by atoms with van der Waals surface area (Å²) >= 11 is 9.62. The number of carbonyl (C=O) groups is 1. The van der Waals surface area contributed by atoms with Gasteiger partial charge < -0.3 is 20.5 Å². The Hall–Kier alpha value is -1.47. The number of rotatable bonds is 9. The van der Waals surface area contributed by atoms with Crippen LogP contribution in [0.15, 0.2) is 40.9 Å². The number of benzene rings is 2. The van der Waals surface area contributed by atoms with Crippen LogP contribution in [0.1, 0.15) is 18.1 Å². The first-order valence-corrected chi connectivity index (χ1v) is 8.98. The van der Waals surface area contributed by atoms with Gasteiger partial charge in [0, 0.05) is 18.1 Å². The van der Waals surface area contributed by atoms with Crippen molar-refractivity contribution in [3.8, 4) is 11.5 Å². The lowest BCUT2D eigenvalue weighted by Crippen LogP contribution is -2.20. The van der Waals surface area contributed by atoms with Crippen molar-refractivity contribution in [3.05, 3.63) is 57.0 Å². The van der Waals surface area contributed by atoms with E-state index in [9.17, 15) is 4.79 Å². The lowest BCUT2D eigenvalue weighted by molar-refractivity contribution is -0.119. The number of ether oxygens (including phenoxy) is 2. The molecular formula is C18H21BrCl2N2O3. The van der Waals surface area contributed by atoms with Crippen molar-refractivity contribution in [2.75, 3.05) is 13.2 Å². The molecule has 0 fully saturated rings. The lowest BCUT2D eigenvalue weighted by Gasteiger charge is -2.15. The molecule has 0 aromatic heterocycles. The Morgan fingerprint density at radius 3 is 2.62 bits per heavy atom. The summed E-state index contributed by atoms with van der Waals surface area (Å²) in [6.07, 6.45) is 0. The molecule has 0 heterocycles. The maximum absolute atomic E-state index is 10.9. The van der Waals surface area contributed by atoms with E-state index in [0.29, 0.717) is 35.7 Å². The number of amides is 1. The quantitative estimate of drug-likeness (QED) is 0.587. The van der Waals surface area contributed by atoms with E-state index in [2.05, 4.69) is 21.2 Å². The first-order chi connectivity index (χ1) is 12.0. The topological polar surface area (TPSA) is 73.6 Å². The van der Waals surface area contributed by atoms with Crippen molar-refractivity contribution in [1.82, 2.24) is 5.32 Å². The third-order valence-electron chi connectivity index (χ3n) is 3.33. The van der Waals surface area contributed by atoms with E-state index in [1.165, 1.54) is 0 Å². The normalized spacial score (nSPS) is 10.1. The third kappa shape index (κ3) is 6.68. The number of hydrogen-bond donors (Lipinski definition) is 2. The standard InChI is InChI=1S/C18H20BrClN2O3.ClH/c1-2-24-16-8-12(7-14(19)18(16)25-11-17(21)23)9-22-10-13-5-3-4-6-15(13)20;/h3-8,22H,2,9-11H2,1H3,(H2,21,23);1H. The first-order valence-electron chi connectivity index (χ1n) is 7.81. The van der Waals surface area contributed by atoms with Gasteiger partial charge in [-0.15, -0.1) is 12.4 Å². The van der Waals surface area contributed by atoms with Crippen molar-refractivity contribution < 1.29 is 14.3 Å². The van der Waals surface area contributed by atoms with Gasteiger partial charge in [-0.05, 0) is 52.2 Å². The number of halogens is 3. The maximum Gasteiger partial charge on any atom is 0.255 e. The number of primary amides is 1. The second kappa shape index (κ2) is 11.3. The second-order valence-corrected chi connectivity index (χ2v) is 6.55. The Morgan fingerprint density at radius 2 is 1.96 bits per heavy atom. The summed E-state index contributed by atoms with van der Waals surface area (Å²) < 4.78 is 11.8. The van der Waals surface area contributed by atoms with Gasteiger partial charge in [0.2, 0.25) is 0 Å². The molecule has 142 valence electrons. The van der Waals surface area contributed by atoms with Crippen LogP contribution >= 0.6 is 39.9 Å². The fraction of sp³-hybridized carbons (Fsp3) is 0.278. The number of nitrogens with two attached hydrogens (primary N) is 1. The zero-order chi connectivity index (χ0) is 18.2. The highest BCUT2D eigenvalue weighted by Gasteiger charge is 2.13. The van der Waals surface area contributed by atoms with Crippen molar-refractivity contribution in [1.29, 1.82) is 0 Å². The molecule has 0 aliphatic rings. The van der Waals surface area contributed by atoms with E-state index in [0.717, 1.165) is 16.1 Å². The summed E-state index contributed by atoms with van der Waals surface area (Å²) in [5.41, 5.74) is 7.18. The fourth-order valence-corrected chi connectivity index (χ4v) is 3.06. The molecule has 0 saturated heterocycles. The summed E-state index contributed by atoms with van der Waals surface area (Å²) in [5.74, 6) is 0.489. The van der Waals surface area contributed by atoms with Crippen molar-refractivity contribution in [2.45, 2.75) is 20.0 Å². The van der Waals surface area contributed by atoms with Gasteiger partial charge in [0.05, 0.1) is 11.1 Å². The highest BCUT2D eigenvalue weighted by molar-refractivity contribution is 9.10. The minimum Gasteiger partial charge on any atom is -0.490 e. The van der Waals surface area contributed by atoms with Crippen LogP contribution < -0.4 is 20.5 Å². The highest BCUT2D eigenvalue weighted by Crippen LogP contribution is 2.37. The van der Waals surface area contributed by atoms with Crippen molar-refractivity contribution in [2.24, 2.45) is 5.73 Å². The van der Waals surface area contributed by atoms with Crippen molar-refractivity contribution >= 4 is 45.8 Å². The number of carbonyl (C=O) groups excluding carboxylic acids is 1. The van der Waals surface area contributed by atoms with E-state index in [1.807, 2.05) is 43.3 Å². The summed E-state index contributed by atoms with van der Waals surface area (Å²) in [6, 6.07) is 11.5. The van der Waals surface area contributed by atoms with Crippen LogP contribution in [0.4, 0.5) is 0 Å². The van der Waals surface area contributed by atoms with Gasteiger partial charge in [0.15, 0.2) is 18.1 Å². The molecule has 0 bridgehead atoms. The molecule has 0 unspecified atom stereocenters. The molecule has 3 N–H and O–H groups in total. The smallest absolute Gasteiger partial charge is 0.255 e. The van der Waals surface area contributed by atoms with Gasteiger partial charge in [0.25, 0.3) is 5.91 Å². The molecule has 0 aliphatic heterocycles. The molecule has 0 atom stereocenters. The predicted octanol–water partition coefficient (Wildman–Crippen LogP) is 4.08. The maximum atomic E-state index is 10.9. The SMILES string of the molecule is CCOc1cc(CNCc2ccccc2Cl)cc(Br)c1OCC(N)=O.Cl. The fourth-order valence-electron chi connectivity index (χ4n) is 2.25. The third-order valence-corrected chi connectivity index (χ3v) is 4.29. The Bertz CT molecular complexity index is 744. The molecule has 0 aliphatic carbocycles. The number of nitrogens with one attached hydrogen (secondary N) is 1. The van der Waals surface area contributed by atoms with E-state index in [1.54, 1.807) is 0 Å². The average molecular weight is 464 g/mol. The monoisotopic (exact) mass is 462 g/mol. The Kier molecular flexibility index (Phi) is 9.80. The molecule has 2 rings (SSSR count). The van der Waals surface area contributed by atoms with Crippen LogP contribution in [-0.4, -0.2) is 19.1 Å². The molecule has 2 aromatic rings. The predicted molar refractivity (Wildman–Crippen MR) is 109 cm³/mol. The molecule has 26 heavy (non-hydrogen) atoms. The van der Waals surface area contributed by atoms with E-state index in [4.69, 9.17) is 26.8 Å². The van der Waals surface area contributed by atoms with Crippen LogP contribution in [0.2, 0.25) is 5.02 Å². The second-order valence-electron chi connectivity index (χ2n) is 5.29. The van der Waals surface area contributed by atoms with Crippen LogP contribution in [0, 0.1) is 0 Å². The Balaban J connectivity index is 0.00000338. The zero-order valence-electron chi connectivity index (χ0n) is 14.3. The van der Waals surface area contributed by atoms with Crippen LogP contribution in [-0.2, 0) is 17.9 Å². The minimum atomic E-state index is -0.542. The highest BCUT2D eigenvalue weighted by atomic mass is 79.9. The van der Waals surface area contributed by atoms with E-state index in [-0.39, 0.29) is 19.0 Å². The molecule has 1 amide bonds. The largest absolute Gasteiger partial charge is 0.490 e. The Morgan fingerprint density at radius 1 is 1.23 bits per heavy atom. The summed E-state index contributed by atoms with van der Waals surface area (Å²) in [7, 11) is 0. The van der Waals surface area contributed by atoms with Crippen LogP contribution in [0.5, 0.6) is 11.5 Å². The molecule has 0 saturated carbocycles. The van der Waals surface area contributed by atoms with Gasteiger partial charge in [-0.1, -0.05) is 29.8 Å². The average Bonchev–Trinajstić information content (AvgIpc) is 2.56. The molecule has 8 heteroatoms. The molecule has 0 spiro atoms. The van der Waals surface area contributed by atoms with Gasteiger partial charge in [-0.25, -0.2) is 0 Å². The molecule has 5 nitrogen and oxygen atoms in total. The zero-order valence-corrected chi connectivity index (χ0v) is 17.4. The number of hydrogen-bond acceptors (Lipinski definition) is 4. The minimum absolute atomic E-state index is 0. The first kappa shape index (κ1) is 22.6. The van der Waals surface area contributed by atoms with Gasteiger partial charge in [-0.2, -0.15) is 0 Å². The molecule has 2 aromatic carbocycles. The lowest BCUT2D eigenvalue weighted by atomic mass is 10.2. The van der Waals surface area contributed by atoms with Gasteiger partial charge in [0.1, 0.15) is 0 Å². The molecule has 0 radical (unpaired) electrons. The van der Waals surface area contributed by atoms with Crippen LogP contribution in [0.25, 0.3) is 0 Å². The molecular weight excluding hydrogens is 443 g/mol.